The smallest absolute Gasteiger partial charge is 0.358 e. The summed E-state index contributed by atoms with van der Waals surface area (Å²) in [5.74, 6) is 0. The minimum Gasteiger partial charge on any atom is -0.408 e. The van der Waals surface area contributed by atoms with Crippen molar-refractivity contribution in [3.05, 3.63) is 91.0 Å². The monoisotopic (exact) mass is 492 g/mol. The van der Waals surface area contributed by atoms with Crippen molar-refractivity contribution in [2.45, 2.75) is 58.2 Å². The van der Waals surface area contributed by atoms with Crippen LogP contribution in [-0.2, 0) is 12.3 Å². The van der Waals surface area contributed by atoms with Crippen molar-refractivity contribution in [1.29, 1.82) is 0 Å². The highest BCUT2D eigenvalue weighted by Gasteiger charge is 2.67. The van der Waals surface area contributed by atoms with Crippen LogP contribution >= 0.6 is 0 Å². The van der Waals surface area contributed by atoms with Crippen molar-refractivity contribution < 1.29 is 12.3 Å². The van der Waals surface area contributed by atoms with Gasteiger partial charge >= 0.3 is 25.7 Å². The third-order valence-corrected chi connectivity index (χ3v) is 22.0. The third-order valence-electron chi connectivity index (χ3n) is 6.72. The number of hydrogen-bond donors (Lipinski definition) is 0. The molecule has 6 heteroatoms. The second kappa shape index (κ2) is 9.44. The summed E-state index contributed by atoms with van der Waals surface area (Å²) in [7, 11) is -8.70. The van der Waals surface area contributed by atoms with Crippen LogP contribution in [0, 0.1) is 0 Å². The first-order chi connectivity index (χ1) is 15.8. The molecule has 0 aliphatic carbocycles. The summed E-state index contributed by atoms with van der Waals surface area (Å²) >= 11 is 0. The lowest BCUT2D eigenvalue weighted by Crippen LogP contribution is -2.82. The van der Waals surface area contributed by atoms with E-state index in [1.165, 1.54) is 15.6 Å². The summed E-state index contributed by atoms with van der Waals surface area (Å²) < 4.78 is 22.4. The van der Waals surface area contributed by atoms with Crippen LogP contribution in [0.1, 0.15) is 41.5 Å². The molecular formula is C27H36O3Si3. The van der Waals surface area contributed by atoms with Crippen molar-refractivity contribution in [3.63, 3.8) is 0 Å². The molecule has 1 aliphatic heterocycles. The summed E-state index contributed by atoms with van der Waals surface area (Å²) in [4.78, 5) is 0. The van der Waals surface area contributed by atoms with Crippen molar-refractivity contribution >= 4 is 41.2 Å². The SMILES string of the molecule is CC(C)[Si]1(c2ccccc2)O[Si](c2ccccc2)(C(C)C)O[Si](c2ccccc2)(C(C)C)O1. The summed E-state index contributed by atoms with van der Waals surface area (Å²) in [6.45, 7) is 13.6. The molecule has 3 aromatic carbocycles. The molecule has 3 aromatic rings. The van der Waals surface area contributed by atoms with E-state index in [2.05, 4.69) is 133 Å². The Labute approximate surface area is 202 Å². The molecule has 1 fully saturated rings. The van der Waals surface area contributed by atoms with E-state index >= 15 is 0 Å². The Hall–Kier alpha value is -1.81. The maximum Gasteiger partial charge on any atom is 0.358 e. The Morgan fingerprint density at radius 1 is 0.394 bits per heavy atom. The molecule has 0 bridgehead atoms. The highest BCUT2D eigenvalue weighted by atomic mass is 28.5. The predicted molar refractivity (Wildman–Crippen MR) is 144 cm³/mol. The number of rotatable bonds is 6. The molecule has 33 heavy (non-hydrogen) atoms. The lowest BCUT2D eigenvalue weighted by molar-refractivity contribution is 0.220. The zero-order valence-electron chi connectivity index (χ0n) is 20.6. The van der Waals surface area contributed by atoms with Gasteiger partial charge in [0.2, 0.25) is 0 Å². The number of benzene rings is 3. The average molecular weight is 493 g/mol. The molecule has 1 saturated heterocycles. The van der Waals surface area contributed by atoms with Gasteiger partial charge < -0.3 is 12.3 Å². The van der Waals surface area contributed by atoms with Gasteiger partial charge in [0.25, 0.3) is 0 Å². The first-order valence-corrected chi connectivity index (χ1v) is 17.7. The van der Waals surface area contributed by atoms with E-state index < -0.39 is 25.7 Å². The molecule has 1 aliphatic rings. The Morgan fingerprint density at radius 3 is 0.788 bits per heavy atom. The maximum absolute atomic E-state index is 7.45. The Balaban J connectivity index is 2.06. The molecule has 0 amide bonds. The molecule has 0 unspecified atom stereocenters. The molecule has 0 aromatic heterocycles. The summed E-state index contributed by atoms with van der Waals surface area (Å²) in [5, 5.41) is 3.60. The standard InChI is InChI=1S/C27H36O3Si3/c1-22(2)31(25-16-10-7-11-17-25)28-32(23(3)4,26-18-12-8-13-19-26)30-33(29-31,24(5)6)27-20-14-9-15-21-27/h7-24H,1-6H3. The largest absolute Gasteiger partial charge is 0.408 e. The van der Waals surface area contributed by atoms with Gasteiger partial charge in [0.15, 0.2) is 0 Å². The minimum absolute atomic E-state index is 0.229. The normalized spacial score (nSPS) is 27.9. The van der Waals surface area contributed by atoms with Crippen LogP contribution in [0.4, 0.5) is 0 Å². The fourth-order valence-corrected chi connectivity index (χ4v) is 24.3. The van der Waals surface area contributed by atoms with Gasteiger partial charge in [-0.1, -0.05) is 133 Å². The second-order valence-electron chi connectivity index (χ2n) is 9.87. The molecule has 3 nitrogen and oxygen atoms in total. The topological polar surface area (TPSA) is 27.7 Å². The van der Waals surface area contributed by atoms with E-state index in [4.69, 9.17) is 12.3 Å². The zero-order valence-corrected chi connectivity index (χ0v) is 23.6. The van der Waals surface area contributed by atoms with Gasteiger partial charge in [-0.05, 0) is 32.2 Å². The molecule has 174 valence electrons. The van der Waals surface area contributed by atoms with Gasteiger partial charge in [-0.2, -0.15) is 0 Å². The summed E-state index contributed by atoms with van der Waals surface area (Å²) in [6, 6.07) is 32.1. The minimum atomic E-state index is -2.90. The number of hydrogen-bond acceptors (Lipinski definition) is 3. The quantitative estimate of drug-likeness (QED) is 0.435. The van der Waals surface area contributed by atoms with Gasteiger partial charge in [0, 0.05) is 0 Å². The first kappa shape index (κ1) is 24.3. The van der Waals surface area contributed by atoms with E-state index in [1.807, 2.05) is 0 Å². The Morgan fingerprint density at radius 2 is 0.606 bits per heavy atom. The Kier molecular flexibility index (Phi) is 6.96. The fourth-order valence-electron chi connectivity index (χ4n) is 4.81. The highest BCUT2D eigenvalue weighted by molar-refractivity contribution is 7.07. The lowest BCUT2D eigenvalue weighted by Gasteiger charge is -2.57. The molecule has 0 saturated carbocycles. The van der Waals surface area contributed by atoms with E-state index in [1.54, 1.807) is 0 Å². The predicted octanol–water partition coefficient (Wildman–Crippen LogP) is 5.33. The van der Waals surface area contributed by atoms with E-state index in [9.17, 15) is 0 Å². The van der Waals surface area contributed by atoms with Gasteiger partial charge in [0.1, 0.15) is 0 Å². The molecular weight excluding hydrogens is 457 g/mol. The average Bonchev–Trinajstić information content (AvgIpc) is 2.85. The highest BCUT2D eigenvalue weighted by Crippen LogP contribution is 2.44. The van der Waals surface area contributed by atoms with Crippen LogP contribution in [0.5, 0.6) is 0 Å². The molecule has 0 spiro atoms. The van der Waals surface area contributed by atoms with Gasteiger partial charge in [-0.25, -0.2) is 0 Å². The summed E-state index contributed by atoms with van der Waals surface area (Å²) in [5.41, 5.74) is 0.687. The molecule has 0 atom stereocenters. The molecule has 0 radical (unpaired) electrons. The zero-order chi connectivity index (χ0) is 23.7. The van der Waals surface area contributed by atoms with E-state index in [0.717, 1.165) is 0 Å². The van der Waals surface area contributed by atoms with E-state index in [-0.39, 0.29) is 16.6 Å². The van der Waals surface area contributed by atoms with Crippen LogP contribution in [0.15, 0.2) is 91.0 Å². The van der Waals surface area contributed by atoms with Crippen LogP contribution in [-0.4, -0.2) is 25.7 Å². The molecule has 4 rings (SSSR count). The second-order valence-corrected chi connectivity index (χ2v) is 21.5. The third kappa shape index (κ3) is 4.13. The van der Waals surface area contributed by atoms with E-state index in [0.29, 0.717) is 0 Å². The summed E-state index contributed by atoms with van der Waals surface area (Å²) in [6.07, 6.45) is 0. The van der Waals surface area contributed by atoms with Crippen molar-refractivity contribution in [2.75, 3.05) is 0 Å². The Bertz CT molecular complexity index is 897. The van der Waals surface area contributed by atoms with Gasteiger partial charge in [0.05, 0.1) is 0 Å². The van der Waals surface area contributed by atoms with Crippen LogP contribution in [0.2, 0.25) is 16.6 Å². The molecule has 1 heterocycles. The van der Waals surface area contributed by atoms with Crippen molar-refractivity contribution in [3.8, 4) is 0 Å². The van der Waals surface area contributed by atoms with Crippen molar-refractivity contribution in [2.24, 2.45) is 0 Å². The maximum atomic E-state index is 7.45. The fraction of sp³-hybridized carbons (Fsp3) is 0.333. The molecule has 0 N–H and O–H groups in total. The van der Waals surface area contributed by atoms with Crippen LogP contribution in [0.3, 0.4) is 0 Å². The van der Waals surface area contributed by atoms with Gasteiger partial charge in [-0.3, -0.25) is 0 Å². The lowest BCUT2D eigenvalue weighted by atomic mass is 10.4. The first-order valence-electron chi connectivity index (χ1n) is 12.0. The van der Waals surface area contributed by atoms with Crippen LogP contribution in [0.25, 0.3) is 0 Å². The van der Waals surface area contributed by atoms with Gasteiger partial charge in [-0.15, -0.1) is 0 Å². The van der Waals surface area contributed by atoms with Crippen LogP contribution < -0.4 is 15.6 Å². The van der Waals surface area contributed by atoms with Crippen molar-refractivity contribution in [1.82, 2.24) is 0 Å².